The molecule has 0 atom stereocenters. The van der Waals surface area contributed by atoms with Crippen LogP contribution in [-0.2, 0) is 35.2 Å². The molecule has 0 fully saturated rings. The number of fused-ring (bicyclic) bond motifs is 3. The number of unbranched alkanes of at least 4 members (excludes halogenated alkanes) is 1. The van der Waals surface area contributed by atoms with Crippen molar-refractivity contribution in [3.05, 3.63) is 51.5 Å². The van der Waals surface area contributed by atoms with E-state index in [0.717, 1.165) is 31.4 Å². The smallest absolute Gasteiger partial charge is 0.305 e. The molecule has 1 aromatic carbocycles. The number of hydrogen-bond acceptors (Lipinski definition) is 4. The number of esters is 1. The molecule has 3 aromatic rings. The maximum absolute atomic E-state index is 11.5. The lowest BCUT2D eigenvalue weighted by Gasteiger charge is -2.17. The summed E-state index contributed by atoms with van der Waals surface area (Å²) < 4.78 is 4.80. The van der Waals surface area contributed by atoms with Crippen molar-refractivity contribution in [2.75, 3.05) is 7.11 Å². The number of ether oxygens (including phenoxy) is 1. The first-order valence-corrected chi connectivity index (χ1v) is 12.0. The third kappa shape index (κ3) is 4.15. The lowest BCUT2D eigenvalue weighted by molar-refractivity contribution is -0.140. The summed E-state index contributed by atoms with van der Waals surface area (Å²) in [4.78, 5) is 19.3. The van der Waals surface area contributed by atoms with E-state index in [-0.39, 0.29) is 5.97 Å². The molecule has 30 heavy (non-hydrogen) atoms. The Labute approximate surface area is 183 Å². The van der Waals surface area contributed by atoms with E-state index in [1.165, 1.54) is 70.1 Å². The summed E-state index contributed by atoms with van der Waals surface area (Å²) in [6.07, 6.45) is 9.23. The summed E-state index contributed by atoms with van der Waals surface area (Å²) in [5, 5.41) is 1.40. The number of pyridine rings is 1. The molecule has 0 amide bonds. The third-order valence-electron chi connectivity index (χ3n) is 6.35. The standard InChI is InChI=1S/C26H31NO2S/c1-4-18-13-15-19(16-14-18)24-20(9-6-8-12-23(28)29-3)17(2)27-26-25(24)21-10-5-7-11-22(21)30-26/h13-16H,4-12H2,1-3H3. The van der Waals surface area contributed by atoms with Crippen LogP contribution < -0.4 is 0 Å². The van der Waals surface area contributed by atoms with E-state index in [2.05, 4.69) is 38.1 Å². The number of benzene rings is 1. The van der Waals surface area contributed by atoms with Crippen LogP contribution in [0.4, 0.5) is 0 Å². The van der Waals surface area contributed by atoms with E-state index in [1.54, 1.807) is 5.56 Å². The van der Waals surface area contributed by atoms with Crippen molar-refractivity contribution in [3.63, 3.8) is 0 Å². The van der Waals surface area contributed by atoms with E-state index in [4.69, 9.17) is 9.72 Å². The normalized spacial score (nSPS) is 13.4. The zero-order chi connectivity index (χ0) is 21.1. The molecule has 0 saturated carbocycles. The second-order valence-corrected chi connectivity index (χ2v) is 9.36. The molecule has 158 valence electrons. The average molecular weight is 422 g/mol. The van der Waals surface area contributed by atoms with Gasteiger partial charge in [-0.1, -0.05) is 31.2 Å². The fourth-order valence-corrected chi connectivity index (χ4v) is 5.96. The number of aryl methyl sites for hydroxylation is 4. The van der Waals surface area contributed by atoms with Gasteiger partial charge < -0.3 is 4.74 Å². The minimum atomic E-state index is -0.123. The largest absolute Gasteiger partial charge is 0.469 e. The Morgan fingerprint density at radius 1 is 1.13 bits per heavy atom. The fraction of sp³-hybridized carbons (Fsp3) is 0.462. The van der Waals surface area contributed by atoms with Gasteiger partial charge in [0.05, 0.1) is 7.11 Å². The summed E-state index contributed by atoms with van der Waals surface area (Å²) in [6.45, 7) is 4.35. The Morgan fingerprint density at radius 3 is 2.63 bits per heavy atom. The molecular formula is C26H31NO2S. The zero-order valence-corrected chi connectivity index (χ0v) is 19.2. The zero-order valence-electron chi connectivity index (χ0n) is 18.3. The molecule has 3 nitrogen and oxygen atoms in total. The molecule has 4 heteroatoms. The molecule has 0 spiro atoms. The van der Waals surface area contributed by atoms with Gasteiger partial charge in [-0.3, -0.25) is 4.79 Å². The van der Waals surface area contributed by atoms with Crippen LogP contribution in [-0.4, -0.2) is 18.1 Å². The quantitative estimate of drug-likeness (QED) is 0.319. The number of carbonyl (C=O) groups excluding carboxylic acids is 1. The number of carbonyl (C=O) groups is 1. The highest BCUT2D eigenvalue weighted by Gasteiger charge is 2.23. The first-order chi connectivity index (χ1) is 14.6. The van der Waals surface area contributed by atoms with E-state index in [9.17, 15) is 4.79 Å². The van der Waals surface area contributed by atoms with E-state index in [0.29, 0.717) is 6.42 Å². The molecule has 1 aliphatic carbocycles. The SMILES string of the molecule is CCc1ccc(-c2c(CCCCC(=O)OC)c(C)nc3sc4c(c23)CCCC4)cc1. The summed E-state index contributed by atoms with van der Waals surface area (Å²) in [5.41, 5.74) is 8.08. The number of hydrogen-bond donors (Lipinski definition) is 0. The van der Waals surface area contributed by atoms with Gasteiger partial charge in [-0.25, -0.2) is 4.98 Å². The van der Waals surface area contributed by atoms with Gasteiger partial charge in [-0.05, 0) is 86.1 Å². The topological polar surface area (TPSA) is 39.2 Å². The monoisotopic (exact) mass is 421 g/mol. The van der Waals surface area contributed by atoms with Gasteiger partial charge in [0.1, 0.15) is 4.83 Å². The van der Waals surface area contributed by atoms with Gasteiger partial charge in [0.2, 0.25) is 0 Å². The van der Waals surface area contributed by atoms with Crippen LogP contribution in [0.5, 0.6) is 0 Å². The van der Waals surface area contributed by atoms with Crippen LogP contribution in [0, 0.1) is 6.92 Å². The van der Waals surface area contributed by atoms with Crippen LogP contribution in [0.3, 0.4) is 0 Å². The van der Waals surface area contributed by atoms with Crippen LogP contribution in [0.15, 0.2) is 24.3 Å². The van der Waals surface area contributed by atoms with Crippen LogP contribution in [0.1, 0.15) is 66.3 Å². The van der Waals surface area contributed by atoms with E-state index in [1.807, 2.05) is 11.3 Å². The van der Waals surface area contributed by atoms with Crippen molar-refractivity contribution in [1.82, 2.24) is 4.98 Å². The van der Waals surface area contributed by atoms with Crippen molar-refractivity contribution in [1.29, 1.82) is 0 Å². The fourth-order valence-electron chi connectivity index (χ4n) is 4.64. The lowest BCUT2D eigenvalue weighted by Crippen LogP contribution is -2.03. The minimum absolute atomic E-state index is 0.123. The van der Waals surface area contributed by atoms with Crippen LogP contribution in [0.2, 0.25) is 0 Å². The lowest BCUT2D eigenvalue weighted by atomic mass is 9.88. The molecule has 0 bridgehead atoms. The summed E-state index contributed by atoms with van der Waals surface area (Å²) in [7, 11) is 1.46. The third-order valence-corrected chi connectivity index (χ3v) is 7.53. The Hall–Kier alpha value is -2.20. The second-order valence-electron chi connectivity index (χ2n) is 8.28. The Morgan fingerprint density at radius 2 is 1.90 bits per heavy atom. The van der Waals surface area contributed by atoms with Crippen molar-refractivity contribution < 1.29 is 9.53 Å². The first kappa shape index (κ1) is 21.0. The summed E-state index contributed by atoms with van der Waals surface area (Å²) in [6, 6.07) is 9.10. The number of rotatable bonds is 7. The predicted molar refractivity (Wildman–Crippen MR) is 125 cm³/mol. The van der Waals surface area contributed by atoms with Crippen molar-refractivity contribution in [3.8, 4) is 11.1 Å². The summed E-state index contributed by atoms with van der Waals surface area (Å²) >= 11 is 1.90. The van der Waals surface area contributed by atoms with Gasteiger partial charge in [-0.15, -0.1) is 11.3 Å². The first-order valence-electron chi connectivity index (χ1n) is 11.2. The summed E-state index contributed by atoms with van der Waals surface area (Å²) in [5.74, 6) is -0.123. The molecule has 4 rings (SSSR count). The van der Waals surface area contributed by atoms with Gasteiger partial charge in [-0.2, -0.15) is 0 Å². The Bertz CT molecular complexity index is 1050. The maximum Gasteiger partial charge on any atom is 0.305 e. The maximum atomic E-state index is 11.5. The van der Waals surface area contributed by atoms with Crippen molar-refractivity contribution >= 4 is 27.5 Å². The molecule has 1 aliphatic rings. The van der Waals surface area contributed by atoms with E-state index >= 15 is 0 Å². The van der Waals surface area contributed by atoms with Crippen LogP contribution >= 0.6 is 11.3 Å². The molecule has 0 N–H and O–H groups in total. The predicted octanol–water partition coefficient (Wildman–Crippen LogP) is 6.60. The van der Waals surface area contributed by atoms with Gasteiger partial charge >= 0.3 is 5.97 Å². The number of aromatic nitrogens is 1. The van der Waals surface area contributed by atoms with Crippen molar-refractivity contribution in [2.45, 2.75) is 71.6 Å². The molecule has 0 unspecified atom stereocenters. The van der Waals surface area contributed by atoms with Crippen LogP contribution in [0.25, 0.3) is 21.3 Å². The highest BCUT2D eigenvalue weighted by molar-refractivity contribution is 7.19. The van der Waals surface area contributed by atoms with Gasteiger partial charge in [0.25, 0.3) is 0 Å². The number of thiophene rings is 1. The number of methoxy groups -OCH3 is 1. The molecule has 2 aromatic heterocycles. The molecule has 0 aliphatic heterocycles. The Kier molecular flexibility index (Phi) is 6.52. The molecule has 0 radical (unpaired) electrons. The molecule has 0 saturated heterocycles. The van der Waals surface area contributed by atoms with Crippen molar-refractivity contribution in [2.24, 2.45) is 0 Å². The Balaban J connectivity index is 1.80. The van der Waals surface area contributed by atoms with E-state index < -0.39 is 0 Å². The highest BCUT2D eigenvalue weighted by Crippen LogP contribution is 2.43. The average Bonchev–Trinajstić information content (AvgIpc) is 3.14. The molecule has 2 heterocycles. The minimum Gasteiger partial charge on any atom is -0.469 e. The molecular weight excluding hydrogens is 390 g/mol. The second kappa shape index (κ2) is 9.30. The highest BCUT2D eigenvalue weighted by atomic mass is 32.1. The van der Waals surface area contributed by atoms with Gasteiger partial charge in [0, 0.05) is 22.4 Å². The van der Waals surface area contributed by atoms with Gasteiger partial charge in [0.15, 0.2) is 0 Å². The number of nitrogens with zero attached hydrogens (tertiary/aromatic N) is 1.